The van der Waals surface area contributed by atoms with Crippen molar-refractivity contribution in [2.45, 2.75) is 65.5 Å². The Labute approximate surface area is 117 Å². The van der Waals surface area contributed by atoms with E-state index in [0.29, 0.717) is 23.3 Å². The van der Waals surface area contributed by atoms with Crippen molar-refractivity contribution in [2.75, 3.05) is 6.54 Å². The molecular weight excluding hydrogens is 248 g/mol. The Bertz CT molecular complexity index is 330. The van der Waals surface area contributed by atoms with Crippen LogP contribution >= 0.6 is 12.4 Å². The summed E-state index contributed by atoms with van der Waals surface area (Å²) >= 11 is 0. The maximum Gasteiger partial charge on any atom is 0.224 e. The zero-order valence-corrected chi connectivity index (χ0v) is 12.8. The number of hydrogen-bond donors (Lipinski definition) is 1. The lowest BCUT2D eigenvalue weighted by Crippen LogP contribution is -2.39. The van der Waals surface area contributed by atoms with Crippen LogP contribution < -0.4 is 5.73 Å². The van der Waals surface area contributed by atoms with Gasteiger partial charge in [-0.05, 0) is 37.0 Å². The number of likely N-dealkylation sites (tertiary alicyclic amines) is 1. The molecule has 106 valence electrons. The van der Waals surface area contributed by atoms with Crippen LogP contribution in [0.15, 0.2) is 0 Å². The summed E-state index contributed by atoms with van der Waals surface area (Å²) < 4.78 is 0. The second kappa shape index (κ2) is 5.01. The third-order valence-corrected chi connectivity index (χ3v) is 4.23. The molecule has 0 aromatic rings. The molecule has 2 rings (SSSR count). The van der Waals surface area contributed by atoms with Gasteiger partial charge in [0.25, 0.3) is 0 Å². The van der Waals surface area contributed by atoms with Crippen molar-refractivity contribution in [2.24, 2.45) is 16.6 Å². The molecule has 3 atom stereocenters. The molecule has 2 fully saturated rings. The lowest BCUT2D eigenvalue weighted by molar-refractivity contribution is -0.132. The van der Waals surface area contributed by atoms with Crippen molar-refractivity contribution in [3.8, 4) is 0 Å². The first-order valence-electron chi connectivity index (χ1n) is 6.76. The summed E-state index contributed by atoms with van der Waals surface area (Å²) in [5.41, 5.74) is 6.45. The maximum atomic E-state index is 12.2. The van der Waals surface area contributed by atoms with Crippen molar-refractivity contribution < 1.29 is 4.79 Å². The van der Waals surface area contributed by atoms with Crippen LogP contribution in [-0.4, -0.2) is 29.4 Å². The van der Waals surface area contributed by atoms with Crippen LogP contribution in [0.1, 0.15) is 53.4 Å². The van der Waals surface area contributed by atoms with Crippen LogP contribution in [0.3, 0.4) is 0 Å². The molecule has 1 saturated carbocycles. The fourth-order valence-corrected chi connectivity index (χ4v) is 4.14. The number of carbonyl (C=O) groups is 1. The van der Waals surface area contributed by atoms with Gasteiger partial charge < -0.3 is 10.6 Å². The number of hydrogen-bond acceptors (Lipinski definition) is 2. The highest BCUT2D eigenvalue weighted by Crippen LogP contribution is 2.52. The van der Waals surface area contributed by atoms with Gasteiger partial charge in [0.1, 0.15) is 0 Å². The van der Waals surface area contributed by atoms with Gasteiger partial charge in [0.05, 0.1) is 0 Å². The van der Waals surface area contributed by atoms with Gasteiger partial charge in [0, 0.05) is 25.0 Å². The number of amides is 1. The number of fused-ring (bicyclic) bond motifs is 2. The summed E-state index contributed by atoms with van der Waals surface area (Å²) in [6.07, 6.45) is 4.06. The van der Waals surface area contributed by atoms with E-state index in [4.69, 9.17) is 5.73 Å². The number of nitrogens with two attached hydrogens (primary N) is 1. The van der Waals surface area contributed by atoms with E-state index in [-0.39, 0.29) is 24.4 Å². The SMILES string of the molecule is CC(N)CC(=O)N1CC2(C)CC1CC(C)(C)C2.Cl. The van der Waals surface area contributed by atoms with E-state index in [2.05, 4.69) is 25.7 Å². The number of rotatable bonds is 2. The molecule has 1 aliphatic carbocycles. The van der Waals surface area contributed by atoms with Crippen LogP contribution in [0.25, 0.3) is 0 Å². The minimum atomic E-state index is -0.0243. The summed E-state index contributed by atoms with van der Waals surface area (Å²) in [6.45, 7) is 9.84. The second-order valence-corrected chi connectivity index (χ2v) is 7.42. The highest BCUT2D eigenvalue weighted by atomic mass is 35.5. The number of halogens is 1. The fraction of sp³-hybridized carbons (Fsp3) is 0.929. The van der Waals surface area contributed by atoms with Crippen molar-refractivity contribution in [1.82, 2.24) is 4.90 Å². The monoisotopic (exact) mass is 274 g/mol. The first kappa shape index (κ1) is 15.8. The molecule has 3 unspecified atom stereocenters. The van der Waals surface area contributed by atoms with E-state index in [9.17, 15) is 4.79 Å². The molecule has 2 N–H and O–H groups in total. The molecule has 1 heterocycles. The molecule has 3 nitrogen and oxygen atoms in total. The predicted octanol–water partition coefficient (Wildman–Crippen LogP) is 2.57. The standard InChI is InChI=1S/C14H26N2O.ClH/c1-10(15)5-12(17)16-9-14(4)7-11(16)6-13(2,3)8-14;/h10-11H,5-9,15H2,1-4H3;1H. The summed E-state index contributed by atoms with van der Waals surface area (Å²) in [5, 5.41) is 0. The smallest absolute Gasteiger partial charge is 0.224 e. The zero-order valence-electron chi connectivity index (χ0n) is 12.0. The number of nitrogens with zero attached hydrogens (tertiary/aromatic N) is 1. The van der Waals surface area contributed by atoms with E-state index in [1.165, 1.54) is 12.8 Å². The van der Waals surface area contributed by atoms with Crippen LogP contribution in [0.4, 0.5) is 0 Å². The molecule has 18 heavy (non-hydrogen) atoms. The molecule has 0 aromatic heterocycles. The molecule has 2 bridgehead atoms. The Morgan fingerprint density at radius 2 is 2.00 bits per heavy atom. The highest BCUT2D eigenvalue weighted by Gasteiger charge is 2.50. The summed E-state index contributed by atoms with van der Waals surface area (Å²) in [4.78, 5) is 14.3. The Hall–Kier alpha value is -0.280. The Balaban J connectivity index is 0.00000162. The molecule has 0 aromatic carbocycles. The molecule has 1 aliphatic heterocycles. The van der Waals surface area contributed by atoms with Gasteiger partial charge in [-0.15, -0.1) is 12.4 Å². The second-order valence-electron chi connectivity index (χ2n) is 7.42. The topological polar surface area (TPSA) is 46.3 Å². The van der Waals surface area contributed by atoms with Crippen LogP contribution in [0.5, 0.6) is 0 Å². The van der Waals surface area contributed by atoms with Crippen molar-refractivity contribution in [1.29, 1.82) is 0 Å². The van der Waals surface area contributed by atoms with E-state index < -0.39 is 0 Å². The highest BCUT2D eigenvalue weighted by molar-refractivity contribution is 5.85. The molecule has 4 heteroatoms. The van der Waals surface area contributed by atoms with Gasteiger partial charge in [-0.25, -0.2) is 0 Å². The maximum absolute atomic E-state index is 12.2. The Kier molecular flexibility index (Phi) is 4.39. The largest absolute Gasteiger partial charge is 0.339 e. The predicted molar refractivity (Wildman–Crippen MR) is 76.8 cm³/mol. The summed E-state index contributed by atoms with van der Waals surface area (Å²) in [5.74, 6) is 0.256. The van der Waals surface area contributed by atoms with Crippen LogP contribution in [-0.2, 0) is 4.79 Å². The lowest BCUT2D eigenvalue weighted by atomic mass is 9.65. The molecule has 0 radical (unpaired) electrons. The average Bonchev–Trinajstić information content (AvgIpc) is 2.33. The van der Waals surface area contributed by atoms with Crippen LogP contribution in [0, 0.1) is 10.8 Å². The molecule has 0 spiro atoms. The first-order valence-corrected chi connectivity index (χ1v) is 6.76. The summed E-state index contributed by atoms with van der Waals surface area (Å²) in [7, 11) is 0. The quantitative estimate of drug-likeness (QED) is 0.841. The molecule has 2 aliphatic rings. The number of carbonyl (C=O) groups excluding carboxylic acids is 1. The third kappa shape index (κ3) is 3.18. The van der Waals surface area contributed by atoms with Crippen molar-refractivity contribution in [3.05, 3.63) is 0 Å². The van der Waals surface area contributed by atoms with Crippen molar-refractivity contribution >= 4 is 18.3 Å². The van der Waals surface area contributed by atoms with Crippen molar-refractivity contribution in [3.63, 3.8) is 0 Å². The van der Waals surface area contributed by atoms with E-state index >= 15 is 0 Å². The fourth-order valence-electron chi connectivity index (χ4n) is 4.14. The van der Waals surface area contributed by atoms with E-state index in [1.807, 2.05) is 6.92 Å². The summed E-state index contributed by atoms with van der Waals surface area (Å²) in [6, 6.07) is 0.429. The van der Waals surface area contributed by atoms with Gasteiger partial charge in [0.15, 0.2) is 0 Å². The van der Waals surface area contributed by atoms with Gasteiger partial charge >= 0.3 is 0 Å². The lowest BCUT2D eigenvalue weighted by Gasteiger charge is -2.39. The van der Waals surface area contributed by atoms with E-state index in [0.717, 1.165) is 13.0 Å². The average molecular weight is 275 g/mol. The van der Waals surface area contributed by atoms with Gasteiger partial charge in [-0.2, -0.15) is 0 Å². The first-order chi connectivity index (χ1) is 7.71. The minimum Gasteiger partial charge on any atom is -0.339 e. The molecular formula is C14H27ClN2O. The van der Waals surface area contributed by atoms with Crippen LogP contribution in [0.2, 0.25) is 0 Å². The molecule has 1 amide bonds. The van der Waals surface area contributed by atoms with E-state index in [1.54, 1.807) is 0 Å². The zero-order chi connectivity index (χ0) is 12.8. The third-order valence-electron chi connectivity index (χ3n) is 4.23. The van der Waals surface area contributed by atoms with Gasteiger partial charge in [0.2, 0.25) is 5.91 Å². The molecule has 1 saturated heterocycles. The van der Waals surface area contributed by atoms with Gasteiger partial charge in [-0.1, -0.05) is 20.8 Å². The minimum absolute atomic E-state index is 0. The normalized spacial score (nSPS) is 34.9. The Morgan fingerprint density at radius 1 is 1.39 bits per heavy atom. The Morgan fingerprint density at radius 3 is 2.56 bits per heavy atom. The van der Waals surface area contributed by atoms with Gasteiger partial charge in [-0.3, -0.25) is 4.79 Å².